The van der Waals surface area contributed by atoms with Crippen LogP contribution in [-0.4, -0.2) is 75.5 Å². The van der Waals surface area contributed by atoms with Gasteiger partial charge in [-0.3, -0.25) is 9.48 Å². The molecular weight excluding hydrogens is 574 g/mol. The van der Waals surface area contributed by atoms with E-state index in [0.29, 0.717) is 19.5 Å². The number of anilines is 1. The first-order valence-corrected chi connectivity index (χ1v) is 14.8. The molecule has 1 saturated heterocycles. The predicted molar refractivity (Wildman–Crippen MR) is 156 cm³/mol. The minimum Gasteiger partial charge on any atom is -0.482 e. The van der Waals surface area contributed by atoms with Crippen molar-refractivity contribution < 1.29 is 19.4 Å². The molecule has 0 bridgehead atoms. The molecule has 1 aromatic heterocycles. The predicted octanol–water partition coefficient (Wildman–Crippen LogP) is 4.94. The Morgan fingerprint density at radius 1 is 1.10 bits per heavy atom. The lowest BCUT2D eigenvalue weighted by Crippen LogP contribution is -2.51. The van der Waals surface area contributed by atoms with Gasteiger partial charge in [-0.25, -0.2) is 4.79 Å². The van der Waals surface area contributed by atoms with Gasteiger partial charge in [0.2, 0.25) is 0 Å². The Morgan fingerprint density at radius 2 is 1.88 bits per heavy atom. The highest BCUT2D eigenvalue weighted by Gasteiger charge is 2.35. The van der Waals surface area contributed by atoms with Crippen LogP contribution in [0.15, 0.2) is 46.9 Å². The summed E-state index contributed by atoms with van der Waals surface area (Å²) in [7, 11) is 0. The normalized spacial score (nSPS) is 17.9. The van der Waals surface area contributed by atoms with E-state index in [-0.39, 0.29) is 18.6 Å². The molecule has 40 heavy (non-hydrogen) atoms. The Morgan fingerprint density at radius 3 is 2.62 bits per heavy atom. The van der Waals surface area contributed by atoms with Gasteiger partial charge in [-0.2, -0.15) is 5.10 Å². The minimum atomic E-state index is -0.888. The molecule has 0 atom stereocenters. The van der Waals surface area contributed by atoms with Gasteiger partial charge < -0.3 is 24.5 Å². The average Bonchev–Trinajstić information content (AvgIpc) is 3.32. The van der Waals surface area contributed by atoms with Gasteiger partial charge in [-0.05, 0) is 56.5 Å². The van der Waals surface area contributed by atoms with Crippen LogP contribution in [0.2, 0.25) is 0 Å². The molecular formula is C30H34BrN5O4. The molecule has 3 aromatic rings. The SMILES string of the molecule is Cc1cccc2c1N(C1CCN(CCCn3nc(-c4ccc(Br)cc4)c4c3CCN(C(=O)O)C4)CC1)C(=O)CO2. The number of hydrogen-bond acceptors (Lipinski definition) is 5. The van der Waals surface area contributed by atoms with E-state index >= 15 is 0 Å². The molecule has 0 radical (unpaired) electrons. The number of fused-ring (bicyclic) bond motifs is 2. The highest BCUT2D eigenvalue weighted by atomic mass is 79.9. The molecule has 210 valence electrons. The smallest absolute Gasteiger partial charge is 0.407 e. The molecule has 3 aliphatic rings. The van der Waals surface area contributed by atoms with Crippen LogP contribution in [0.1, 0.15) is 36.1 Å². The van der Waals surface area contributed by atoms with Gasteiger partial charge in [0.15, 0.2) is 6.61 Å². The van der Waals surface area contributed by atoms with Crippen molar-refractivity contribution in [3.8, 4) is 17.0 Å². The molecule has 2 aromatic carbocycles. The fourth-order valence-corrected chi connectivity index (χ4v) is 6.57. The second kappa shape index (κ2) is 11.2. The zero-order valence-corrected chi connectivity index (χ0v) is 24.3. The van der Waals surface area contributed by atoms with Crippen molar-refractivity contribution in [3.63, 3.8) is 0 Å². The van der Waals surface area contributed by atoms with Crippen molar-refractivity contribution in [2.75, 3.05) is 37.7 Å². The van der Waals surface area contributed by atoms with Crippen LogP contribution >= 0.6 is 15.9 Å². The Hall–Kier alpha value is -3.37. The number of nitrogens with zero attached hydrogens (tertiary/aromatic N) is 5. The quantitative estimate of drug-likeness (QED) is 0.427. The van der Waals surface area contributed by atoms with E-state index in [9.17, 15) is 14.7 Å². The first-order chi connectivity index (χ1) is 19.4. The van der Waals surface area contributed by atoms with E-state index in [2.05, 4.69) is 25.5 Å². The Labute approximate surface area is 242 Å². The van der Waals surface area contributed by atoms with E-state index in [0.717, 1.165) is 89.4 Å². The average molecular weight is 609 g/mol. The molecule has 2 amide bonds. The number of benzene rings is 2. The zero-order chi connectivity index (χ0) is 27.8. The van der Waals surface area contributed by atoms with Gasteiger partial charge in [0, 0.05) is 59.9 Å². The summed E-state index contributed by atoms with van der Waals surface area (Å²) in [4.78, 5) is 30.5. The molecule has 1 N–H and O–H groups in total. The van der Waals surface area contributed by atoms with E-state index in [1.807, 2.05) is 54.3 Å². The molecule has 0 spiro atoms. The lowest BCUT2D eigenvalue weighted by Gasteiger charge is -2.41. The number of piperidine rings is 1. The van der Waals surface area contributed by atoms with Crippen LogP contribution in [0.4, 0.5) is 10.5 Å². The number of ether oxygens (including phenoxy) is 1. The van der Waals surface area contributed by atoms with Crippen molar-refractivity contribution >= 4 is 33.6 Å². The van der Waals surface area contributed by atoms with Crippen LogP contribution in [-0.2, 0) is 24.3 Å². The van der Waals surface area contributed by atoms with Crippen LogP contribution in [0.5, 0.6) is 5.75 Å². The third-order valence-electron chi connectivity index (χ3n) is 8.35. The molecule has 10 heteroatoms. The summed E-state index contributed by atoms with van der Waals surface area (Å²) in [6.07, 6.45) is 2.62. The summed E-state index contributed by atoms with van der Waals surface area (Å²) in [5.74, 6) is 0.852. The fourth-order valence-electron chi connectivity index (χ4n) is 6.30. The molecule has 0 saturated carbocycles. The van der Waals surface area contributed by atoms with Gasteiger partial charge in [0.1, 0.15) is 5.75 Å². The monoisotopic (exact) mass is 607 g/mol. The largest absolute Gasteiger partial charge is 0.482 e. The summed E-state index contributed by atoms with van der Waals surface area (Å²) < 4.78 is 8.80. The zero-order valence-electron chi connectivity index (χ0n) is 22.7. The van der Waals surface area contributed by atoms with Gasteiger partial charge >= 0.3 is 6.09 Å². The van der Waals surface area contributed by atoms with Crippen LogP contribution in [0, 0.1) is 6.92 Å². The van der Waals surface area contributed by atoms with Crippen LogP contribution in [0.3, 0.4) is 0 Å². The fraction of sp³-hybridized carbons (Fsp3) is 0.433. The number of amides is 2. The van der Waals surface area contributed by atoms with Crippen molar-refractivity contribution in [2.45, 2.75) is 51.7 Å². The number of aromatic nitrogens is 2. The third kappa shape index (κ3) is 5.22. The standard InChI is InChI=1S/C30H34BrN5O4/c1-20-4-2-5-26-29(20)36(27(37)19-40-26)23-10-15-33(16-11-23)13-3-14-35-25-12-17-34(30(38)39)18-24(25)28(32-35)21-6-8-22(31)9-7-21/h2,4-9,23H,3,10-19H2,1H3,(H,38,39). The van der Waals surface area contributed by atoms with E-state index in [1.165, 1.54) is 4.90 Å². The first-order valence-electron chi connectivity index (χ1n) is 14.0. The van der Waals surface area contributed by atoms with Crippen LogP contribution < -0.4 is 9.64 Å². The summed E-state index contributed by atoms with van der Waals surface area (Å²) in [6.45, 7) is 6.66. The maximum Gasteiger partial charge on any atom is 0.407 e. The number of carbonyl (C=O) groups excluding carboxylic acids is 1. The minimum absolute atomic E-state index is 0.0479. The number of rotatable bonds is 6. The number of carbonyl (C=O) groups is 2. The maximum atomic E-state index is 12.9. The topological polar surface area (TPSA) is 91.1 Å². The first kappa shape index (κ1) is 26.8. The van der Waals surface area contributed by atoms with E-state index in [4.69, 9.17) is 9.84 Å². The molecule has 1 fully saturated rings. The third-order valence-corrected chi connectivity index (χ3v) is 8.88. The second-order valence-corrected chi connectivity index (χ2v) is 11.8. The Bertz CT molecular complexity index is 1410. The van der Waals surface area contributed by atoms with Gasteiger partial charge in [0.05, 0.1) is 17.9 Å². The number of aryl methyl sites for hydroxylation is 2. The lowest BCUT2D eigenvalue weighted by atomic mass is 9.99. The van der Waals surface area contributed by atoms with Crippen LogP contribution in [0.25, 0.3) is 11.3 Å². The lowest BCUT2D eigenvalue weighted by molar-refractivity contribution is -0.122. The maximum absolute atomic E-state index is 12.9. The number of hydrogen-bond donors (Lipinski definition) is 1. The highest BCUT2D eigenvalue weighted by molar-refractivity contribution is 9.10. The molecule has 0 unspecified atom stereocenters. The number of carboxylic acid groups (broad SMARTS) is 1. The van der Waals surface area contributed by atoms with Gasteiger partial charge in [-0.1, -0.05) is 40.2 Å². The molecule has 3 aliphatic heterocycles. The van der Waals surface area contributed by atoms with E-state index < -0.39 is 6.09 Å². The summed E-state index contributed by atoms with van der Waals surface area (Å²) in [5, 5.41) is 14.6. The van der Waals surface area contributed by atoms with Gasteiger partial charge in [-0.15, -0.1) is 0 Å². The summed E-state index contributed by atoms with van der Waals surface area (Å²) in [5.41, 5.74) is 6.05. The second-order valence-electron chi connectivity index (χ2n) is 10.9. The van der Waals surface area contributed by atoms with E-state index in [1.54, 1.807) is 0 Å². The summed E-state index contributed by atoms with van der Waals surface area (Å²) in [6, 6.07) is 14.2. The van der Waals surface area contributed by atoms with Crippen molar-refractivity contribution in [1.82, 2.24) is 19.6 Å². The summed E-state index contributed by atoms with van der Waals surface area (Å²) >= 11 is 3.50. The molecule has 6 rings (SSSR count). The molecule has 4 heterocycles. The highest BCUT2D eigenvalue weighted by Crippen LogP contribution is 2.38. The Kier molecular flexibility index (Phi) is 7.55. The van der Waals surface area contributed by atoms with Crippen molar-refractivity contribution in [2.24, 2.45) is 0 Å². The Balaban J connectivity index is 1.10. The number of halogens is 1. The van der Waals surface area contributed by atoms with Crippen molar-refractivity contribution in [3.05, 3.63) is 63.8 Å². The van der Waals surface area contributed by atoms with Gasteiger partial charge in [0.25, 0.3) is 5.91 Å². The molecule has 0 aliphatic carbocycles. The molecule has 9 nitrogen and oxygen atoms in total. The number of para-hydroxylation sites is 1. The number of likely N-dealkylation sites (tertiary alicyclic amines) is 1. The van der Waals surface area contributed by atoms with Crippen molar-refractivity contribution in [1.29, 1.82) is 0 Å².